The summed E-state index contributed by atoms with van der Waals surface area (Å²) in [6.45, 7) is 5.25. The van der Waals surface area contributed by atoms with Gasteiger partial charge in [0.1, 0.15) is 82.7 Å². The molecule has 446 valence electrons. The average molecular weight is 1570 g/mol. The van der Waals surface area contributed by atoms with E-state index in [1.165, 1.54) is 62.5 Å². The summed E-state index contributed by atoms with van der Waals surface area (Å²) in [5.74, 6) is -12.5. The first-order chi connectivity index (χ1) is 39.6. The normalized spacial score (nSPS) is 21.8. The van der Waals surface area contributed by atoms with Gasteiger partial charge in [0, 0.05) is 28.3 Å². The van der Waals surface area contributed by atoms with Crippen LogP contribution in [0, 0.1) is 12.8 Å². The number of fused-ring (bicyclic) bond motifs is 15. The number of rotatable bonds is 8. The molecule has 84 heavy (non-hydrogen) atoms. The molecule has 1 unspecified atom stereocenters. The summed E-state index contributed by atoms with van der Waals surface area (Å²) in [5, 5.41) is 84.9. The van der Waals surface area contributed by atoms with Gasteiger partial charge in [0.15, 0.2) is 6.04 Å². The predicted octanol–water partition coefficient (Wildman–Crippen LogP) is 5.65. The third-order valence-corrected chi connectivity index (χ3v) is 14.2. The van der Waals surface area contributed by atoms with Gasteiger partial charge in [-0.2, -0.15) is 0 Å². The average Bonchev–Trinajstić information content (AvgIpc) is 3.58. The van der Waals surface area contributed by atoms with Crippen molar-refractivity contribution in [1.82, 2.24) is 37.2 Å². The van der Waals surface area contributed by atoms with E-state index >= 15 is 9.59 Å². The molecule has 10 rings (SSSR count). The molecule has 0 saturated heterocycles. The van der Waals surface area contributed by atoms with E-state index in [9.17, 15) is 59.4 Å². The number of halogens is 5. The van der Waals surface area contributed by atoms with E-state index in [4.69, 9.17) is 38.4 Å². The van der Waals surface area contributed by atoms with Crippen molar-refractivity contribution in [3.8, 4) is 51.4 Å². The SMILES string of the molecule is CN[C@H](CC(C)C)C(=O)NC1C(=O)N[C@@H](CC(N)=O)C(=O)N[C@H]2C(=O)N[C@H]3C(=O)N[C@H](C(=O)N[C@H](C(=O)O)c4cc(O)cc(O)c4-c4cc3ccc4O)[C@H](O)c3ccc(c(Cl)c3)Oc3cc2cc(c3C)Oc2ccc(cc2Cl)[C@H]1O.[I][V]([I])[I]. The number of aliphatic carboxylic acids is 1. The number of primary amides is 1. The van der Waals surface area contributed by atoms with Crippen molar-refractivity contribution in [3.05, 3.63) is 122 Å². The number of carbonyl (C=O) groups excluding carboxylic acids is 7. The Morgan fingerprint density at radius 3 is 1.77 bits per heavy atom. The van der Waals surface area contributed by atoms with Gasteiger partial charge >= 0.3 is 70.8 Å². The molecule has 5 heterocycles. The van der Waals surface area contributed by atoms with E-state index in [0.717, 1.165) is 30.3 Å². The second kappa shape index (κ2) is 28.1. The summed E-state index contributed by atoms with van der Waals surface area (Å²) in [4.78, 5) is 114. The number of ether oxygens (including phenoxy) is 2. The molecule has 5 aromatic rings. The number of carboxylic acid groups (broad SMARTS) is 1. The number of nitrogens with two attached hydrogens (primary N) is 1. The Morgan fingerprint density at radius 2 is 1.23 bits per heavy atom. The molecule has 15 N–H and O–H groups in total. The summed E-state index contributed by atoms with van der Waals surface area (Å²) >= 11 is 21.0. The number of phenolic OH excluding ortho intramolecular Hbond substituents is 3. The number of benzene rings is 5. The zero-order valence-electron chi connectivity index (χ0n) is 44.4. The Balaban J connectivity index is 0.00000245. The summed E-state index contributed by atoms with van der Waals surface area (Å²) in [6, 6.07) is 2.09. The maximum atomic E-state index is 15.4. The summed E-state index contributed by atoms with van der Waals surface area (Å²) in [7, 11) is 1.52. The topological polar surface area (TPSA) is 387 Å². The van der Waals surface area contributed by atoms with Gasteiger partial charge in [-0.1, -0.05) is 55.2 Å². The van der Waals surface area contributed by atoms with Crippen molar-refractivity contribution in [2.45, 2.75) is 88.1 Å². The molecule has 0 radical (unpaired) electrons. The van der Waals surface area contributed by atoms with Crippen LogP contribution in [0.25, 0.3) is 11.1 Å². The van der Waals surface area contributed by atoms with Crippen LogP contribution in [-0.4, -0.2) is 109 Å². The quantitative estimate of drug-likeness (QED) is 0.0834. The molecule has 7 amide bonds. The number of aliphatic hydroxyl groups excluding tert-OH is 2. The Labute approximate surface area is 526 Å². The van der Waals surface area contributed by atoms with Crippen molar-refractivity contribution in [2.24, 2.45) is 11.7 Å². The fraction of sp³-hybridized carbons (Fsp3) is 0.296. The van der Waals surface area contributed by atoms with Gasteiger partial charge in [0.2, 0.25) is 41.4 Å². The van der Waals surface area contributed by atoms with Crippen molar-refractivity contribution in [1.29, 1.82) is 0 Å². The molecule has 9 atom stereocenters. The van der Waals surface area contributed by atoms with Crippen LogP contribution in [-0.2, 0) is 43.3 Å². The van der Waals surface area contributed by atoms with Crippen LogP contribution >= 0.6 is 83.1 Å². The first kappa shape index (κ1) is 65.6. The first-order valence-electron chi connectivity index (χ1n) is 25.2. The van der Waals surface area contributed by atoms with Crippen LogP contribution in [0.1, 0.15) is 90.4 Å². The number of phenols is 3. The van der Waals surface area contributed by atoms with Gasteiger partial charge in [-0.3, -0.25) is 33.6 Å². The van der Waals surface area contributed by atoms with Gasteiger partial charge in [-0.15, -0.1) is 0 Å². The van der Waals surface area contributed by atoms with Crippen LogP contribution in [0.5, 0.6) is 40.2 Å². The van der Waals surface area contributed by atoms with Gasteiger partial charge in [0.25, 0.3) is 0 Å². The Bertz CT molecular complexity index is 3460. The number of carboxylic acids is 1. The molecular weight excluding hydrogens is 1520 g/mol. The van der Waals surface area contributed by atoms with Crippen LogP contribution in [0.15, 0.2) is 78.9 Å². The van der Waals surface area contributed by atoms with E-state index in [-0.39, 0.29) is 83.7 Å². The first-order valence-corrected chi connectivity index (χ1v) is 39.5. The number of amides is 7. The number of hydrogen-bond donors (Lipinski definition) is 14. The molecular formula is C54H54Cl2I3N8O16V. The number of aliphatic hydroxyl groups is 2. The van der Waals surface area contributed by atoms with Gasteiger partial charge < -0.3 is 83.1 Å². The van der Waals surface area contributed by atoms with E-state index in [2.05, 4.69) is 97.2 Å². The number of aromatic hydroxyl groups is 3. The van der Waals surface area contributed by atoms with E-state index in [1.807, 2.05) is 13.8 Å². The monoisotopic (exact) mass is 1570 g/mol. The molecule has 5 aliphatic rings. The van der Waals surface area contributed by atoms with Crippen molar-refractivity contribution < 1.29 is 83.4 Å². The molecule has 5 aromatic carbocycles. The standard InChI is InChI=1S/C54H54Cl2N8O16.3HI.V/c1-20(2)11-31(58-4)48(71)63-44-46(69)23-6-9-35(29(55)13-23)79-37-15-25-16-38(21(37)3)80-36-10-7-24(14-30(36)56)47(70)45-53(76)62-43(54(77)78)28-17-26(65)18-34(67)40(28)27-12-22(5-8-33(27)66)41(50(73)64-45)61-51(74)42(25)60-49(72)32(19-39(57)68)59-52(44)75;;;;/h5-10,12-18,20,31-32,41-47,58,65-67,69-70H,11,19H2,1-4H3,(H2,57,68)(H,59,75)(H,60,72)(H,61,74)(H,62,76)(H,63,71)(H,64,73)(H,77,78);3*1H;/q;;;;+3/p-3/t31-,32+,41-,42-,43+,44?,45+,46-,47-;;;;/m1..../s1. The number of nitrogens with one attached hydrogen (secondary N) is 7. The zero-order chi connectivity index (χ0) is 61.8. The minimum absolute atomic E-state index is 0.00789. The van der Waals surface area contributed by atoms with E-state index < -0.39 is 137 Å². The molecule has 0 saturated carbocycles. The number of hydrogen-bond acceptors (Lipinski definition) is 16. The summed E-state index contributed by atoms with van der Waals surface area (Å²) in [6.07, 6.45) is -4.61. The van der Waals surface area contributed by atoms with Crippen LogP contribution < -0.4 is 52.4 Å². The Morgan fingerprint density at radius 1 is 0.679 bits per heavy atom. The third kappa shape index (κ3) is 15.4. The van der Waals surface area contributed by atoms with Crippen LogP contribution in [0.3, 0.4) is 0 Å². The number of carbonyl (C=O) groups is 8. The molecule has 24 nitrogen and oxygen atoms in total. The Kier molecular flexibility index (Phi) is 21.9. The van der Waals surface area contributed by atoms with Gasteiger partial charge in [-0.25, -0.2) is 4.79 Å². The molecule has 0 aliphatic carbocycles. The summed E-state index contributed by atoms with van der Waals surface area (Å²) < 4.78 is 12.7. The van der Waals surface area contributed by atoms with Crippen LogP contribution in [0.4, 0.5) is 0 Å². The third-order valence-electron chi connectivity index (χ3n) is 13.6. The molecule has 30 heteroatoms. The Hall–Kier alpha value is -5.91. The van der Waals surface area contributed by atoms with Crippen molar-refractivity contribution in [3.63, 3.8) is 0 Å². The molecule has 0 fully saturated rings. The minimum atomic E-state index is -2.15. The van der Waals surface area contributed by atoms with Crippen LogP contribution in [0.2, 0.25) is 10.0 Å². The molecule has 5 aliphatic heterocycles. The molecule has 0 spiro atoms. The summed E-state index contributed by atoms with van der Waals surface area (Å²) in [5.41, 5.74) is 3.93. The number of likely N-dealkylation sites (N-methyl/N-ethyl adjacent to an activating group) is 1. The van der Waals surface area contributed by atoms with Gasteiger partial charge in [-0.05, 0) is 103 Å². The second-order valence-electron chi connectivity index (χ2n) is 19.9. The van der Waals surface area contributed by atoms with E-state index in [0.29, 0.717) is 0 Å². The van der Waals surface area contributed by atoms with Crippen molar-refractivity contribution >= 4 is 130 Å². The fourth-order valence-corrected chi connectivity index (χ4v) is 9.93. The maximum absolute atomic E-state index is 15.4. The zero-order valence-corrected chi connectivity index (χ0v) is 53.8. The molecule has 0 aromatic heterocycles. The van der Waals surface area contributed by atoms with E-state index in [1.54, 1.807) is 0 Å². The second-order valence-corrected chi connectivity index (χ2v) is 56.0. The fourth-order valence-electron chi connectivity index (χ4n) is 9.48. The molecule has 11 bridgehead atoms. The van der Waals surface area contributed by atoms with Gasteiger partial charge in [0.05, 0.1) is 22.5 Å². The van der Waals surface area contributed by atoms with Crippen molar-refractivity contribution in [2.75, 3.05) is 7.05 Å². The predicted molar refractivity (Wildman–Crippen MR) is 325 cm³/mol.